The van der Waals surface area contributed by atoms with Crippen LogP contribution < -0.4 is 0 Å². The third-order valence-corrected chi connectivity index (χ3v) is 5.24. The zero-order valence-electron chi connectivity index (χ0n) is 18.3. The summed E-state index contributed by atoms with van der Waals surface area (Å²) < 4.78 is 15.1. The number of esters is 3. The highest BCUT2D eigenvalue weighted by Gasteiger charge is 2.52. The molecular formula is C23H36O8. The number of carbonyl (C=O) groups is 4. The fourth-order valence-electron chi connectivity index (χ4n) is 4.11. The lowest BCUT2D eigenvalue weighted by molar-refractivity contribution is -0.169. The average molecular weight is 441 g/mol. The van der Waals surface area contributed by atoms with E-state index in [0.29, 0.717) is 25.7 Å². The molecule has 31 heavy (non-hydrogen) atoms. The second kappa shape index (κ2) is 10.3. The quantitative estimate of drug-likeness (QED) is 0.394. The Kier molecular flexibility index (Phi) is 8.84. The van der Waals surface area contributed by atoms with Gasteiger partial charge in [-0.05, 0) is 60.3 Å². The van der Waals surface area contributed by atoms with Crippen LogP contribution in [0, 0.1) is 23.7 Å². The van der Waals surface area contributed by atoms with Crippen LogP contribution in [0.25, 0.3) is 0 Å². The topological polar surface area (TPSA) is 116 Å². The van der Waals surface area contributed by atoms with Crippen LogP contribution in [0.2, 0.25) is 0 Å². The van der Waals surface area contributed by atoms with Crippen molar-refractivity contribution in [1.82, 2.24) is 0 Å². The van der Waals surface area contributed by atoms with Crippen LogP contribution in [0.4, 0.5) is 0 Å². The molecule has 0 aromatic carbocycles. The van der Waals surface area contributed by atoms with Crippen LogP contribution in [0.1, 0.15) is 67.7 Å². The lowest BCUT2D eigenvalue weighted by Crippen LogP contribution is -2.34. The molecule has 1 N–H and O–H groups in total. The monoisotopic (exact) mass is 440 g/mol. The summed E-state index contributed by atoms with van der Waals surface area (Å²) in [5.74, 6) is -3.07. The van der Waals surface area contributed by atoms with Crippen molar-refractivity contribution in [2.24, 2.45) is 23.7 Å². The molecule has 4 bridgehead atoms. The van der Waals surface area contributed by atoms with Crippen LogP contribution in [-0.4, -0.2) is 46.8 Å². The Bertz CT molecular complexity index is 716. The molecule has 0 aromatic rings. The fraction of sp³-hybridized carbons (Fsp3) is 0.739. The zero-order chi connectivity index (χ0) is 22.8. The number of fused-ring (bicyclic) bond motifs is 4. The Balaban J connectivity index is 0.000000265. The Labute approximate surface area is 184 Å². The van der Waals surface area contributed by atoms with Gasteiger partial charge in [-0.3, -0.25) is 19.2 Å². The lowest BCUT2D eigenvalue weighted by atomic mass is 9.96. The number of hydrogen-bond donors (Lipinski definition) is 1. The minimum Gasteiger partial charge on any atom is -0.481 e. The van der Waals surface area contributed by atoms with Gasteiger partial charge in [0.05, 0.1) is 23.7 Å². The molecule has 0 amide bonds. The van der Waals surface area contributed by atoms with Gasteiger partial charge < -0.3 is 19.3 Å². The van der Waals surface area contributed by atoms with E-state index in [-0.39, 0.29) is 55.3 Å². The molecule has 6 unspecified atom stereocenters. The first-order valence-corrected chi connectivity index (χ1v) is 10.3. The van der Waals surface area contributed by atoms with Crippen LogP contribution in [0.3, 0.4) is 0 Å². The van der Waals surface area contributed by atoms with E-state index in [2.05, 4.69) is 6.58 Å². The molecule has 0 spiro atoms. The van der Waals surface area contributed by atoms with Gasteiger partial charge in [0.2, 0.25) is 0 Å². The van der Waals surface area contributed by atoms with Gasteiger partial charge in [0.25, 0.3) is 0 Å². The highest BCUT2D eigenvalue weighted by atomic mass is 16.6. The predicted molar refractivity (Wildman–Crippen MR) is 113 cm³/mol. The molecular weight excluding hydrogens is 404 g/mol. The molecule has 4 aliphatic rings. The standard InChI is InChI=1S/C11H16O4.C7H8O4.C4H8.CH4/c1-11(2,3)15-10(13)8-5-6-4-7(8)9(12)14-6;8-6(9)4-1-3-2-5(4)7(10)11-3;1-4(2)3;/h6-8H,4-5H2,1-3H3;3-5H,1-2H2,(H,8,9);1H2,2-3H3;1H4. The first-order valence-electron chi connectivity index (χ1n) is 10.3. The second-order valence-corrected chi connectivity index (χ2v) is 9.57. The average Bonchev–Trinajstić information content (AvgIpc) is 3.31. The van der Waals surface area contributed by atoms with E-state index in [0.717, 1.165) is 0 Å². The molecule has 0 radical (unpaired) electrons. The highest BCUT2D eigenvalue weighted by molar-refractivity contribution is 5.85. The van der Waals surface area contributed by atoms with Crippen LogP contribution in [-0.2, 0) is 33.4 Å². The lowest BCUT2D eigenvalue weighted by Gasteiger charge is -2.25. The van der Waals surface area contributed by atoms with Gasteiger partial charge in [0.15, 0.2) is 0 Å². The van der Waals surface area contributed by atoms with E-state index in [1.807, 2.05) is 34.6 Å². The summed E-state index contributed by atoms with van der Waals surface area (Å²) >= 11 is 0. The van der Waals surface area contributed by atoms with Crippen molar-refractivity contribution in [3.63, 3.8) is 0 Å². The van der Waals surface area contributed by atoms with Crippen molar-refractivity contribution in [3.05, 3.63) is 12.2 Å². The maximum atomic E-state index is 11.8. The highest BCUT2D eigenvalue weighted by Crippen LogP contribution is 2.42. The SMILES string of the molecule is C.C=C(C)C.CC(C)(C)OC(=O)C1CC2CC1C(=O)O2.O=C(O)C1CC2CC1C(=O)O2. The molecule has 0 aromatic heterocycles. The summed E-state index contributed by atoms with van der Waals surface area (Å²) in [5.41, 5.74) is 0.683. The van der Waals surface area contributed by atoms with E-state index in [9.17, 15) is 19.2 Å². The first-order chi connectivity index (χ1) is 13.8. The van der Waals surface area contributed by atoms with E-state index >= 15 is 0 Å². The van der Waals surface area contributed by atoms with Crippen molar-refractivity contribution in [2.75, 3.05) is 0 Å². The van der Waals surface area contributed by atoms with Gasteiger partial charge in [-0.15, -0.1) is 6.58 Å². The summed E-state index contributed by atoms with van der Waals surface area (Å²) in [6.45, 7) is 13.0. The smallest absolute Gasteiger partial charge is 0.310 e. The molecule has 4 fully saturated rings. The Hall–Kier alpha value is -2.38. The van der Waals surface area contributed by atoms with Crippen LogP contribution in [0.5, 0.6) is 0 Å². The normalized spacial score (nSPS) is 31.8. The molecule has 2 aliphatic heterocycles. The molecule has 176 valence electrons. The van der Waals surface area contributed by atoms with E-state index < -0.39 is 17.5 Å². The van der Waals surface area contributed by atoms with E-state index in [1.54, 1.807) is 0 Å². The molecule has 8 heteroatoms. The number of aliphatic carboxylic acids is 1. The van der Waals surface area contributed by atoms with Crippen molar-refractivity contribution in [2.45, 2.75) is 85.5 Å². The summed E-state index contributed by atoms with van der Waals surface area (Å²) in [6, 6.07) is 0. The molecule has 2 saturated carbocycles. The van der Waals surface area contributed by atoms with Gasteiger partial charge in [0, 0.05) is 0 Å². The Morgan fingerprint density at radius 2 is 1.32 bits per heavy atom. The maximum absolute atomic E-state index is 11.8. The number of rotatable bonds is 2. The first kappa shape index (κ1) is 26.7. The number of carboxylic acids is 1. The minimum absolute atomic E-state index is 0. The van der Waals surface area contributed by atoms with Gasteiger partial charge in [-0.25, -0.2) is 0 Å². The molecule has 6 atom stereocenters. The number of allylic oxidation sites excluding steroid dienone is 1. The molecule has 8 nitrogen and oxygen atoms in total. The zero-order valence-corrected chi connectivity index (χ0v) is 18.3. The fourth-order valence-corrected chi connectivity index (χ4v) is 4.11. The van der Waals surface area contributed by atoms with Crippen molar-refractivity contribution in [3.8, 4) is 0 Å². The number of carbonyl (C=O) groups excluding carboxylic acids is 3. The third kappa shape index (κ3) is 7.08. The van der Waals surface area contributed by atoms with E-state index in [4.69, 9.17) is 19.3 Å². The number of carboxylic acid groups (broad SMARTS) is 1. The van der Waals surface area contributed by atoms with Crippen LogP contribution in [0.15, 0.2) is 12.2 Å². The minimum atomic E-state index is -0.867. The van der Waals surface area contributed by atoms with E-state index in [1.165, 1.54) is 5.57 Å². The summed E-state index contributed by atoms with van der Waals surface area (Å²) in [6.07, 6.45) is 2.25. The molecule has 4 rings (SSSR count). The Morgan fingerprint density at radius 3 is 1.61 bits per heavy atom. The van der Waals surface area contributed by atoms with Gasteiger partial charge in [-0.2, -0.15) is 0 Å². The largest absolute Gasteiger partial charge is 0.481 e. The molecule has 2 saturated heterocycles. The van der Waals surface area contributed by atoms with Crippen LogP contribution >= 0.6 is 0 Å². The second-order valence-electron chi connectivity index (χ2n) is 9.57. The maximum Gasteiger partial charge on any atom is 0.310 e. The summed E-state index contributed by atoms with van der Waals surface area (Å²) in [4.78, 5) is 44.4. The number of ether oxygens (including phenoxy) is 3. The predicted octanol–water partition coefficient (Wildman–Crippen LogP) is 3.52. The molecule has 2 heterocycles. The number of hydrogen-bond acceptors (Lipinski definition) is 7. The van der Waals surface area contributed by atoms with Gasteiger partial charge in [-0.1, -0.05) is 13.0 Å². The third-order valence-electron chi connectivity index (χ3n) is 5.24. The van der Waals surface area contributed by atoms with Gasteiger partial charge >= 0.3 is 23.9 Å². The Morgan fingerprint density at radius 1 is 0.935 bits per heavy atom. The summed E-state index contributed by atoms with van der Waals surface area (Å²) in [5, 5.41) is 8.65. The summed E-state index contributed by atoms with van der Waals surface area (Å²) in [7, 11) is 0. The van der Waals surface area contributed by atoms with Crippen molar-refractivity contribution >= 4 is 23.9 Å². The van der Waals surface area contributed by atoms with Crippen molar-refractivity contribution in [1.29, 1.82) is 0 Å². The molecule has 2 aliphatic carbocycles. The van der Waals surface area contributed by atoms with Crippen molar-refractivity contribution < 1.29 is 38.5 Å². The van der Waals surface area contributed by atoms with Gasteiger partial charge in [0.1, 0.15) is 17.8 Å².